The molecule has 0 spiro atoms. The van der Waals surface area contributed by atoms with Crippen molar-refractivity contribution in [3.63, 3.8) is 0 Å². The highest BCUT2D eigenvalue weighted by Gasteiger charge is 2.13. The summed E-state index contributed by atoms with van der Waals surface area (Å²) in [4.78, 5) is 12.0. The molecule has 0 aliphatic heterocycles. The third-order valence-electron chi connectivity index (χ3n) is 2.36. The van der Waals surface area contributed by atoms with Gasteiger partial charge in [-0.1, -0.05) is 11.6 Å². The maximum atomic E-state index is 12.0. The molecule has 0 aliphatic rings. The molecule has 0 atom stereocenters. The number of hydrogen-bond acceptors (Lipinski definition) is 3. The number of hydrogen-bond donors (Lipinski definition) is 1. The van der Waals surface area contributed by atoms with Crippen LogP contribution in [0.1, 0.15) is 15.9 Å². The number of carbonyl (C=O) groups is 1. The van der Waals surface area contributed by atoms with Crippen molar-refractivity contribution < 1.29 is 4.79 Å². The van der Waals surface area contributed by atoms with Crippen LogP contribution in [0.2, 0.25) is 5.02 Å². The van der Waals surface area contributed by atoms with Crippen molar-refractivity contribution in [1.29, 1.82) is 5.26 Å². The molecule has 7 heteroatoms. The van der Waals surface area contributed by atoms with Gasteiger partial charge in [0.25, 0.3) is 5.91 Å². The Hall–Kier alpha value is -1.84. The van der Waals surface area contributed by atoms with E-state index in [1.54, 1.807) is 25.2 Å². The van der Waals surface area contributed by atoms with Gasteiger partial charge < -0.3 is 5.32 Å². The number of anilines is 1. The van der Waals surface area contributed by atoms with Crippen molar-refractivity contribution in [2.75, 3.05) is 5.32 Å². The first kappa shape index (κ1) is 13.6. The zero-order valence-electron chi connectivity index (χ0n) is 9.82. The fourth-order valence-corrected chi connectivity index (χ4v) is 1.98. The Morgan fingerprint density at radius 3 is 2.95 bits per heavy atom. The third kappa shape index (κ3) is 2.95. The molecule has 0 fully saturated rings. The molecule has 0 bridgehead atoms. The molecule has 2 rings (SSSR count). The summed E-state index contributed by atoms with van der Waals surface area (Å²) >= 11 is 9.11. The first-order valence-corrected chi connectivity index (χ1v) is 6.38. The van der Waals surface area contributed by atoms with E-state index in [2.05, 4.69) is 26.3 Å². The van der Waals surface area contributed by atoms with Crippen molar-refractivity contribution in [2.45, 2.75) is 0 Å². The van der Waals surface area contributed by atoms with Crippen LogP contribution >= 0.6 is 27.5 Å². The van der Waals surface area contributed by atoms with Gasteiger partial charge in [-0.05, 0) is 34.1 Å². The van der Waals surface area contributed by atoms with E-state index in [0.29, 0.717) is 20.6 Å². The molecule has 0 saturated heterocycles. The highest BCUT2D eigenvalue weighted by Crippen LogP contribution is 2.23. The van der Waals surface area contributed by atoms with E-state index >= 15 is 0 Å². The predicted octanol–water partition coefficient (Wildman–Crippen LogP) is 2.96. The molecule has 1 aromatic carbocycles. The number of benzene rings is 1. The predicted molar refractivity (Wildman–Crippen MR) is 75.0 cm³/mol. The summed E-state index contributed by atoms with van der Waals surface area (Å²) in [6, 6.07) is 6.78. The van der Waals surface area contributed by atoms with Crippen LogP contribution < -0.4 is 5.32 Å². The van der Waals surface area contributed by atoms with Crippen LogP contribution in [0.25, 0.3) is 0 Å². The minimum Gasteiger partial charge on any atom is -0.304 e. The van der Waals surface area contributed by atoms with E-state index in [1.165, 1.54) is 10.9 Å². The average molecular weight is 340 g/mol. The van der Waals surface area contributed by atoms with Gasteiger partial charge in [0.15, 0.2) is 5.82 Å². The number of amides is 1. The van der Waals surface area contributed by atoms with Crippen LogP contribution in [0, 0.1) is 11.3 Å². The van der Waals surface area contributed by atoms with Crippen molar-refractivity contribution in [1.82, 2.24) is 9.78 Å². The molecule has 5 nitrogen and oxygen atoms in total. The van der Waals surface area contributed by atoms with E-state index in [9.17, 15) is 4.79 Å². The van der Waals surface area contributed by atoms with Gasteiger partial charge in [-0.3, -0.25) is 9.48 Å². The number of aromatic nitrogens is 2. The second-order valence-corrected chi connectivity index (χ2v) is 5.02. The Kier molecular flexibility index (Phi) is 3.88. The summed E-state index contributed by atoms with van der Waals surface area (Å²) in [5, 5.41) is 16.0. The van der Waals surface area contributed by atoms with Crippen LogP contribution in [0.15, 0.2) is 28.9 Å². The SMILES string of the molecule is Cn1cc(C#N)c(NC(=O)c2ccc(Cl)c(Br)c2)n1. The van der Waals surface area contributed by atoms with Gasteiger partial charge >= 0.3 is 0 Å². The normalized spacial score (nSPS) is 10.0. The lowest BCUT2D eigenvalue weighted by molar-refractivity contribution is 0.102. The first-order chi connectivity index (χ1) is 9.01. The van der Waals surface area contributed by atoms with Crippen LogP contribution in [-0.4, -0.2) is 15.7 Å². The van der Waals surface area contributed by atoms with Crippen LogP contribution in [-0.2, 0) is 7.05 Å². The molecule has 1 heterocycles. The molecule has 1 aromatic heterocycles. The molecule has 1 amide bonds. The summed E-state index contributed by atoms with van der Waals surface area (Å²) in [5.41, 5.74) is 0.731. The summed E-state index contributed by atoms with van der Waals surface area (Å²) in [6.45, 7) is 0. The average Bonchev–Trinajstić information content (AvgIpc) is 2.72. The second-order valence-electron chi connectivity index (χ2n) is 3.76. The number of rotatable bonds is 2. The first-order valence-electron chi connectivity index (χ1n) is 5.21. The molecule has 1 N–H and O–H groups in total. The van der Waals surface area contributed by atoms with Gasteiger partial charge in [0, 0.05) is 23.3 Å². The molecule has 0 radical (unpaired) electrons. The maximum Gasteiger partial charge on any atom is 0.256 e. The molecule has 96 valence electrons. The molecule has 0 aliphatic carbocycles. The van der Waals surface area contributed by atoms with Crippen LogP contribution in [0.3, 0.4) is 0 Å². The fourth-order valence-electron chi connectivity index (χ4n) is 1.48. The van der Waals surface area contributed by atoms with Gasteiger partial charge in [0.2, 0.25) is 0 Å². The van der Waals surface area contributed by atoms with Gasteiger partial charge in [-0.2, -0.15) is 10.4 Å². The lowest BCUT2D eigenvalue weighted by Crippen LogP contribution is -2.13. The topological polar surface area (TPSA) is 70.7 Å². The number of nitrogens with zero attached hydrogens (tertiary/aromatic N) is 3. The van der Waals surface area contributed by atoms with Crippen molar-refractivity contribution in [3.05, 3.63) is 45.0 Å². The summed E-state index contributed by atoms with van der Waals surface area (Å²) < 4.78 is 2.09. The smallest absolute Gasteiger partial charge is 0.256 e. The molecule has 19 heavy (non-hydrogen) atoms. The molecular weight excluding hydrogens is 332 g/mol. The minimum atomic E-state index is -0.354. The molecule has 0 unspecified atom stereocenters. The molecular formula is C12H8BrClN4O. The Bertz CT molecular complexity index is 690. The highest BCUT2D eigenvalue weighted by molar-refractivity contribution is 9.10. The monoisotopic (exact) mass is 338 g/mol. The largest absolute Gasteiger partial charge is 0.304 e. The van der Waals surface area contributed by atoms with Crippen LogP contribution in [0.4, 0.5) is 5.82 Å². The lowest BCUT2D eigenvalue weighted by Gasteiger charge is -2.04. The summed E-state index contributed by atoms with van der Waals surface area (Å²) in [6.07, 6.45) is 1.54. The van der Waals surface area contributed by atoms with E-state index in [0.717, 1.165) is 0 Å². The summed E-state index contributed by atoms with van der Waals surface area (Å²) in [7, 11) is 1.68. The second kappa shape index (κ2) is 5.43. The van der Waals surface area contributed by atoms with Crippen molar-refractivity contribution in [2.24, 2.45) is 7.05 Å². The Morgan fingerprint density at radius 1 is 1.58 bits per heavy atom. The fraction of sp³-hybridized carbons (Fsp3) is 0.0833. The van der Waals surface area contributed by atoms with E-state index in [1.807, 2.05) is 6.07 Å². The number of carbonyl (C=O) groups excluding carboxylic acids is 1. The van der Waals surface area contributed by atoms with Gasteiger partial charge in [-0.25, -0.2) is 0 Å². The van der Waals surface area contributed by atoms with E-state index in [4.69, 9.17) is 16.9 Å². The molecule has 2 aromatic rings. The number of halogens is 2. The van der Waals surface area contributed by atoms with Gasteiger partial charge in [-0.15, -0.1) is 0 Å². The standard InChI is InChI=1S/C12H8BrClN4O/c1-18-6-8(5-15)11(17-18)16-12(19)7-2-3-10(14)9(13)4-7/h2-4,6H,1H3,(H,16,17,19). The van der Waals surface area contributed by atoms with E-state index < -0.39 is 0 Å². The maximum absolute atomic E-state index is 12.0. The van der Waals surface area contributed by atoms with Crippen molar-refractivity contribution in [3.8, 4) is 6.07 Å². The van der Waals surface area contributed by atoms with Crippen LogP contribution in [0.5, 0.6) is 0 Å². The van der Waals surface area contributed by atoms with Gasteiger partial charge in [0.05, 0.1) is 5.02 Å². The van der Waals surface area contributed by atoms with Gasteiger partial charge in [0.1, 0.15) is 11.6 Å². The number of nitriles is 1. The quantitative estimate of drug-likeness (QED) is 0.914. The zero-order chi connectivity index (χ0) is 14.0. The highest BCUT2D eigenvalue weighted by atomic mass is 79.9. The number of nitrogens with one attached hydrogen (secondary N) is 1. The van der Waals surface area contributed by atoms with E-state index in [-0.39, 0.29) is 11.7 Å². The minimum absolute atomic E-state index is 0.237. The lowest BCUT2D eigenvalue weighted by atomic mass is 10.2. The Morgan fingerprint density at radius 2 is 2.32 bits per heavy atom. The molecule has 0 saturated carbocycles. The number of aryl methyl sites for hydroxylation is 1. The Balaban J connectivity index is 2.26. The van der Waals surface area contributed by atoms with Crippen molar-refractivity contribution >= 4 is 39.3 Å². The summed E-state index contributed by atoms with van der Waals surface area (Å²) in [5.74, 6) is -0.117. The zero-order valence-corrected chi connectivity index (χ0v) is 12.2. The third-order valence-corrected chi connectivity index (χ3v) is 3.58. The Labute approximate surface area is 122 Å².